The molecule has 0 bridgehead atoms. The van der Waals surface area contributed by atoms with Gasteiger partial charge in [0.25, 0.3) is 0 Å². The Bertz CT molecular complexity index is 259. The molecule has 5 nitrogen and oxygen atoms in total. The van der Waals surface area contributed by atoms with Gasteiger partial charge in [-0.05, 0) is 26.4 Å². The Morgan fingerprint density at radius 1 is 1.33 bits per heavy atom. The first-order chi connectivity index (χ1) is 7.17. The molecule has 0 amide bonds. The maximum absolute atomic E-state index is 11.9. The standard InChI is InChI=1S/C9H20N2O3S/c1-10-4-2-9-15(12,13)11-5-3-7-14-8-6-11/h10H,2-9H2,1H3. The number of nitrogens with one attached hydrogen (secondary N) is 1. The molecule has 0 aromatic carbocycles. The van der Waals surface area contributed by atoms with Gasteiger partial charge in [0.15, 0.2) is 0 Å². The monoisotopic (exact) mass is 236 g/mol. The van der Waals surface area contributed by atoms with Crippen molar-refractivity contribution in [2.45, 2.75) is 12.8 Å². The summed E-state index contributed by atoms with van der Waals surface area (Å²) in [6, 6.07) is 0. The highest BCUT2D eigenvalue weighted by atomic mass is 32.2. The summed E-state index contributed by atoms with van der Waals surface area (Å²) in [6.45, 7) is 3.03. The molecule has 1 aliphatic heterocycles. The number of hydrogen-bond acceptors (Lipinski definition) is 4. The van der Waals surface area contributed by atoms with Crippen LogP contribution >= 0.6 is 0 Å². The lowest BCUT2D eigenvalue weighted by Crippen LogP contribution is -2.35. The average Bonchev–Trinajstić information content (AvgIpc) is 2.46. The van der Waals surface area contributed by atoms with Gasteiger partial charge in [-0.15, -0.1) is 0 Å². The summed E-state index contributed by atoms with van der Waals surface area (Å²) in [5.74, 6) is 0.230. The third-order valence-corrected chi connectivity index (χ3v) is 4.36. The summed E-state index contributed by atoms with van der Waals surface area (Å²) >= 11 is 0. The van der Waals surface area contributed by atoms with Gasteiger partial charge in [0.05, 0.1) is 12.4 Å². The van der Waals surface area contributed by atoms with Crippen LogP contribution in [0.15, 0.2) is 0 Å². The van der Waals surface area contributed by atoms with E-state index in [1.165, 1.54) is 0 Å². The van der Waals surface area contributed by atoms with Crippen molar-refractivity contribution in [3.8, 4) is 0 Å². The van der Waals surface area contributed by atoms with Crippen molar-refractivity contribution in [3.05, 3.63) is 0 Å². The zero-order valence-corrected chi connectivity index (χ0v) is 10.1. The van der Waals surface area contributed by atoms with Crippen molar-refractivity contribution in [2.75, 3.05) is 45.6 Å². The average molecular weight is 236 g/mol. The second-order valence-electron chi connectivity index (χ2n) is 3.64. The molecule has 0 atom stereocenters. The molecular weight excluding hydrogens is 216 g/mol. The molecule has 0 aromatic heterocycles. The summed E-state index contributed by atoms with van der Waals surface area (Å²) < 4.78 is 30.5. The molecule has 6 heteroatoms. The van der Waals surface area contributed by atoms with E-state index in [2.05, 4.69) is 5.32 Å². The lowest BCUT2D eigenvalue weighted by molar-refractivity contribution is 0.148. The maximum Gasteiger partial charge on any atom is 0.214 e. The van der Waals surface area contributed by atoms with Crippen LogP contribution in [-0.2, 0) is 14.8 Å². The Kier molecular flexibility index (Phi) is 5.52. The highest BCUT2D eigenvalue weighted by Crippen LogP contribution is 2.07. The van der Waals surface area contributed by atoms with Gasteiger partial charge in [0.2, 0.25) is 10.0 Å². The Balaban J connectivity index is 2.43. The normalized spacial score (nSPS) is 20.1. The predicted molar refractivity (Wildman–Crippen MR) is 59.3 cm³/mol. The van der Waals surface area contributed by atoms with Gasteiger partial charge >= 0.3 is 0 Å². The lowest BCUT2D eigenvalue weighted by atomic mass is 10.5. The van der Waals surface area contributed by atoms with E-state index in [4.69, 9.17) is 4.74 Å². The van der Waals surface area contributed by atoms with Gasteiger partial charge in [-0.2, -0.15) is 4.31 Å². The first-order valence-corrected chi connectivity index (χ1v) is 6.98. The molecule has 0 saturated carbocycles. The smallest absolute Gasteiger partial charge is 0.214 e. The second-order valence-corrected chi connectivity index (χ2v) is 5.73. The Hall–Kier alpha value is -0.170. The molecule has 0 aromatic rings. The minimum Gasteiger partial charge on any atom is -0.380 e. The van der Waals surface area contributed by atoms with E-state index in [0.29, 0.717) is 32.7 Å². The fourth-order valence-electron chi connectivity index (χ4n) is 1.56. The van der Waals surface area contributed by atoms with Crippen LogP contribution in [0.1, 0.15) is 12.8 Å². The fraction of sp³-hybridized carbons (Fsp3) is 1.00. The molecule has 0 aliphatic carbocycles. The first-order valence-electron chi connectivity index (χ1n) is 5.37. The fourth-order valence-corrected chi connectivity index (χ4v) is 3.09. The molecule has 1 N–H and O–H groups in total. The van der Waals surface area contributed by atoms with Crippen LogP contribution in [0.25, 0.3) is 0 Å². The van der Waals surface area contributed by atoms with Crippen LogP contribution in [0.4, 0.5) is 0 Å². The SMILES string of the molecule is CNCCCS(=O)(=O)N1CCCOCC1. The number of hydrogen-bond donors (Lipinski definition) is 1. The van der Waals surface area contributed by atoms with Gasteiger partial charge in [-0.3, -0.25) is 0 Å². The van der Waals surface area contributed by atoms with E-state index in [-0.39, 0.29) is 5.75 Å². The number of sulfonamides is 1. The number of rotatable bonds is 5. The van der Waals surface area contributed by atoms with Crippen molar-refractivity contribution < 1.29 is 13.2 Å². The van der Waals surface area contributed by atoms with Crippen molar-refractivity contribution in [3.63, 3.8) is 0 Å². The van der Waals surface area contributed by atoms with E-state index in [1.807, 2.05) is 7.05 Å². The van der Waals surface area contributed by atoms with E-state index in [0.717, 1.165) is 13.0 Å². The van der Waals surface area contributed by atoms with Crippen LogP contribution in [0.2, 0.25) is 0 Å². The minimum atomic E-state index is -3.07. The summed E-state index contributed by atoms with van der Waals surface area (Å²) in [4.78, 5) is 0. The van der Waals surface area contributed by atoms with Gasteiger partial charge in [-0.25, -0.2) is 8.42 Å². The molecule has 1 aliphatic rings. The Labute approximate surface area is 91.8 Å². The van der Waals surface area contributed by atoms with Crippen molar-refractivity contribution in [1.29, 1.82) is 0 Å². The van der Waals surface area contributed by atoms with E-state index in [9.17, 15) is 8.42 Å². The molecule has 0 unspecified atom stereocenters. The van der Waals surface area contributed by atoms with Crippen LogP contribution < -0.4 is 5.32 Å². The topological polar surface area (TPSA) is 58.6 Å². The molecule has 1 rings (SSSR count). The van der Waals surface area contributed by atoms with E-state index < -0.39 is 10.0 Å². The summed E-state index contributed by atoms with van der Waals surface area (Å²) in [6.07, 6.45) is 1.46. The summed E-state index contributed by atoms with van der Waals surface area (Å²) in [5.41, 5.74) is 0. The van der Waals surface area contributed by atoms with Gasteiger partial charge in [0.1, 0.15) is 0 Å². The van der Waals surface area contributed by atoms with Crippen LogP contribution in [0.3, 0.4) is 0 Å². The summed E-state index contributed by atoms with van der Waals surface area (Å²) in [5, 5.41) is 2.95. The molecule has 90 valence electrons. The van der Waals surface area contributed by atoms with Gasteiger partial charge in [0, 0.05) is 19.7 Å². The molecule has 1 fully saturated rings. The van der Waals surface area contributed by atoms with Crippen LogP contribution in [0, 0.1) is 0 Å². The minimum absolute atomic E-state index is 0.230. The quantitative estimate of drug-likeness (QED) is 0.663. The van der Waals surface area contributed by atoms with E-state index in [1.54, 1.807) is 4.31 Å². The van der Waals surface area contributed by atoms with Crippen molar-refractivity contribution in [1.82, 2.24) is 9.62 Å². The number of ether oxygens (including phenoxy) is 1. The molecule has 0 spiro atoms. The number of nitrogens with zero attached hydrogens (tertiary/aromatic N) is 1. The maximum atomic E-state index is 11.9. The first kappa shape index (κ1) is 12.9. The highest BCUT2D eigenvalue weighted by Gasteiger charge is 2.22. The van der Waals surface area contributed by atoms with E-state index >= 15 is 0 Å². The molecular formula is C9H20N2O3S. The molecule has 1 heterocycles. The van der Waals surface area contributed by atoms with Crippen molar-refractivity contribution in [2.24, 2.45) is 0 Å². The molecule has 1 saturated heterocycles. The zero-order chi connectivity index (χ0) is 11.1. The Morgan fingerprint density at radius 3 is 2.87 bits per heavy atom. The molecule has 15 heavy (non-hydrogen) atoms. The molecule has 0 radical (unpaired) electrons. The van der Waals surface area contributed by atoms with Gasteiger partial charge < -0.3 is 10.1 Å². The highest BCUT2D eigenvalue weighted by molar-refractivity contribution is 7.89. The van der Waals surface area contributed by atoms with Crippen molar-refractivity contribution >= 4 is 10.0 Å². The zero-order valence-electron chi connectivity index (χ0n) is 9.24. The lowest BCUT2D eigenvalue weighted by Gasteiger charge is -2.18. The predicted octanol–water partition coefficient (Wildman–Crippen LogP) is -0.352. The third kappa shape index (κ3) is 4.46. The summed E-state index contributed by atoms with van der Waals surface area (Å²) in [7, 11) is -1.24. The Morgan fingerprint density at radius 2 is 2.13 bits per heavy atom. The second kappa shape index (κ2) is 6.42. The van der Waals surface area contributed by atoms with Gasteiger partial charge in [-0.1, -0.05) is 0 Å². The largest absolute Gasteiger partial charge is 0.380 e. The van der Waals surface area contributed by atoms with Crippen LogP contribution in [0.5, 0.6) is 0 Å². The third-order valence-electron chi connectivity index (χ3n) is 2.40. The van der Waals surface area contributed by atoms with Crippen LogP contribution in [-0.4, -0.2) is 58.4 Å².